The molecule has 0 aliphatic carbocycles. The lowest BCUT2D eigenvalue weighted by Crippen LogP contribution is -3.08. The maximum atomic E-state index is 13.6. The molecule has 3 heterocycles. The third kappa shape index (κ3) is 3.97. The molecule has 1 atom stereocenters. The van der Waals surface area contributed by atoms with Crippen LogP contribution in [0.1, 0.15) is 22.9 Å². The first kappa shape index (κ1) is 20.1. The van der Waals surface area contributed by atoms with Crippen molar-refractivity contribution < 1.29 is 14.4 Å². The molecule has 6 nitrogen and oxygen atoms in total. The lowest BCUT2D eigenvalue weighted by Gasteiger charge is -2.19. The highest BCUT2D eigenvalue weighted by atomic mass is 32.2. The number of hydrogen-bond acceptors (Lipinski definition) is 6. The van der Waals surface area contributed by atoms with E-state index in [0.717, 1.165) is 46.5 Å². The summed E-state index contributed by atoms with van der Waals surface area (Å²) in [6, 6.07) is 7.81. The maximum absolute atomic E-state index is 13.6. The molecule has 4 rings (SSSR count). The second-order valence-electron chi connectivity index (χ2n) is 7.28. The Hall–Kier alpha value is -2.16. The molecule has 152 valence electrons. The molecule has 1 N–H and O–H groups in total. The van der Waals surface area contributed by atoms with Gasteiger partial charge in [0.15, 0.2) is 5.16 Å². The van der Waals surface area contributed by atoms with E-state index >= 15 is 0 Å². The van der Waals surface area contributed by atoms with Gasteiger partial charge < -0.3 is 9.64 Å². The van der Waals surface area contributed by atoms with Gasteiger partial charge in [0.2, 0.25) is 0 Å². The number of likely N-dealkylation sites (N-methyl/N-ethyl adjacent to an activating group) is 1. The minimum absolute atomic E-state index is 0.0535. The Bertz CT molecular complexity index is 1120. The van der Waals surface area contributed by atoms with E-state index < -0.39 is 0 Å². The molecule has 1 aromatic carbocycles. The van der Waals surface area contributed by atoms with Gasteiger partial charge in [0.05, 0.1) is 41.9 Å². The monoisotopic (exact) mass is 430 g/mol. The number of ether oxygens (including phenoxy) is 1. The predicted octanol–water partition coefficient (Wildman–Crippen LogP) is 1.98. The van der Waals surface area contributed by atoms with Gasteiger partial charge in [0.1, 0.15) is 11.4 Å². The predicted molar refractivity (Wildman–Crippen MR) is 116 cm³/mol. The van der Waals surface area contributed by atoms with Crippen molar-refractivity contribution in [1.82, 2.24) is 9.55 Å². The van der Waals surface area contributed by atoms with Crippen LogP contribution in [-0.2, 0) is 22.5 Å². The zero-order valence-electron chi connectivity index (χ0n) is 16.8. The summed E-state index contributed by atoms with van der Waals surface area (Å²) in [5.74, 6) is -0.187. The Labute approximate surface area is 177 Å². The molecule has 0 bridgehead atoms. The maximum Gasteiger partial charge on any atom is 0.316 e. The van der Waals surface area contributed by atoms with Crippen LogP contribution in [0, 0.1) is 6.92 Å². The van der Waals surface area contributed by atoms with Crippen molar-refractivity contribution in [3.63, 3.8) is 0 Å². The Morgan fingerprint density at radius 1 is 1.34 bits per heavy atom. The number of thiophene rings is 1. The molecule has 0 spiro atoms. The fraction of sp³-hybridized carbons (Fsp3) is 0.381. The first-order chi connectivity index (χ1) is 14.0. The molecule has 29 heavy (non-hydrogen) atoms. The zero-order chi connectivity index (χ0) is 20.5. The van der Waals surface area contributed by atoms with Crippen LogP contribution in [0.25, 0.3) is 15.9 Å². The lowest BCUT2D eigenvalue weighted by molar-refractivity contribution is -0.895. The van der Waals surface area contributed by atoms with Gasteiger partial charge in [-0.3, -0.25) is 14.2 Å². The van der Waals surface area contributed by atoms with Crippen LogP contribution in [0.4, 0.5) is 0 Å². The number of carbonyl (C=O) groups is 1. The number of fused-ring (bicyclic) bond motifs is 3. The van der Waals surface area contributed by atoms with Crippen LogP contribution in [0.2, 0.25) is 0 Å². The average Bonchev–Trinajstić information content (AvgIpc) is 3.05. The molecular formula is C21H24N3O3S2+. The number of aryl methyl sites for hydroxylation is 1. The normalized spacial score (nSPS) is 16.0. The highest BCUT2D eigenvalue weighted by molar-refractivity contribution is 7.99. The van der Waals surface area contributed by atoms with Gasteiger partial charge in [-0.25, -0.2) is 4.98 Å². The van der Waals surface area contributed by atoms with Crippen LogP contribution in [0.3, 0.4) is 0 Å². The van der Waals surface area contributed by atoms with Crippen molar-refractivity contribution in [2.75, 3.05) is 26.0 Å². The second-order valence-corrected chi connectivity index (χ2v) is 9.31. The largest absolute Gasteiger partial charge is 0.465 e. The molecule has 0 radical (unpaired) electrons. The molecule has 1 aliphatic heterocycles. The molecule has 3 aromatic rings. The molecule has 0 saturated heterocycles. The smallest absolute Gasteiger partial charge is 0.316 e. The van der Waals surface area contributed by atoms with E-state index in [1.165, 1.54) is 21.5 Å². The number of nitrogens with zero attached hydrogens (tertiary/aromatic N) is 2. The number of esters is 1. The summed E-state index contributed by atoms with van der Waals surface area (Å²) >= 11 is 2.86. The standard InChI is InChI=1S/C21H23N3O3S2/c1-4-27-17(25)12-28-21-22-19-18(15-9-10-23(3)11-16(15)29-19)20(26)24(21)14-7-5-13(2)6-8-14/h5-8H,4,9-12H2,1-3H3/p+1. The van der Waals surface area contributed by atoms with Crippen molar-refractivity contribution in [2.45, 2.75) is 32.0 Å². The number of hydrogen-bond donors (Lipinski definition) is 1. The lowest BCUT2D eigenvalue weighted by atomic mass is 10.1. The highest BCUT2D eigenvalue weighted by Crippen LogP contribution is 2.31. The van der Waals surface area contributed by atoms with Crippen molar-refractivity contribution in [3.05, 3.63) is 50.6 Å². The number of thioether (sulfide) groups is 1. The number of rotatable bonds is 5. The number of nitrogens with one attached hydrogen (secondary N) is 1. The molecule has 0 saturated carbocycles. The van der Waals surface area contributed by atoms with E-state index in [1.807, 2.05) is 31.2 Å². The Balaban J connectivity index is 1.87. The number of benzene rings is 1. The number of aromatic nitrogens is 2. The summed E-state index contributed by atoms with van der Waals surface area (Å²) in [6.07, 6.45) is 0.890. The summed E-state index contributed by atoms with van der Waals surface area (Å²) in [5, 5.41) is 1.26. The van der Waals surface area contributed by atoms with E-state index in [9.17, 15) is 9.59 Å². The van der Waals surface area contributed by atoms with E-state index in [1.54, 1.807) is 22.8 Å². The summed E-state index contributed by atoms with van der Waals surface area (Å²) in [7, 11) is 2.17. The Morgan fingerprint density at radius 3 is 2.83 bits per heavy atom. The minimum atomic E-state index is -0.307. The molecule has 0 fully saturated rings. The van der Waals surface area contributed by atoms with Crippen LogP contribution >= 0.6 is 23.1 Å². The summed E-state index contributed by atoms with van der Waals surface area (Å²) in [4.78, 5) is 33.8. The molecule has 1 aliphatic rings. The molecular weight excluding hydrogens is 406 g/mol. The first-order valence-corrected chi connectivity index (χ1v) is 11.5. The fourth-order valence-electron chi connectivity index (χ4n) is 3.59. The van der Waals surface area contributed by atoms with Crippen LogP contribution in [0.5, 0.6) is 0 Å². The Kier molecular flexibility index (Phi) is 5.76. The molecule has 2 aromatic heterocycles. The topological polar surface area (TPSA) is 65.6 Å². The Morgan fingerprint density at radius 2 is 2.10 bits per heavy atom. The minimum Gasteiger partial charge on any atom is -0.465 e. The van der Waals surface area contributed by atoms with Gasteiger partial charge in [-0.15, -0.1) is 11.3 Å². The van der Waals surface area contributed by atoms with Crippen molar-refractivity contribution >= 4 is 39.3 Å². The number of quaternary nitrogens is 1. The van der Waals surface area contributed by atoms with Gasteiger partial charge in [0.25, 0.3) is 5.56 Å². The summed E-state index contributed by atoms with van der Waals surface area (Å²) < 4.78 is 6.69. The van der Waals surface area contributed by atoms with Crippen LogP contribution < -0.4 is 10.5 Å². The van der Waals surface area contributed by atoms with E-state index in [0.29, 0.717) is 11.8 Å². The molecule has 0 amide bonds. The van der Waals surface area contributed by atoms with E-state index in [-0.39, 0.29) is 17.3 Å². The summed E-state index contributed by atoms with van der Waals surface area (Å²) in [5.41, 5.74) is 2.98. The van der Waals surface area contributed by atoms with Crippen molar-refractivity contribution in [2.24, 2.45) is 0 Å². The van der Waals surface area contributed by atoms with Gasteiger partial charge >= 0.3 is 5.97 Å². The van der Waals surface area contributed by atoms with Gasteiger partial charge in [-0.1, -0.05) is 29.5 Å². The second kappa shape index (κ2) is 8.30. The van der Waals surface area contributed by atoms with Crippen molar-refractivity contribution in [1.29, 1.82) is 0 Å². The van der Waals surface area contributed by atoms with E-state index in [2.05, 4.69) is 7.05 Å². The van der Waals surface area contributed by atoms with Gasteiger partial charge in [-0.05, 0) is 31.5 Å². The van der Waals surface area contributed by atoms with Crippen LogP contribution in [-0.4, -0.2) is 41.5 Å². The van der Waals surface area contributed by atoms with Gasteiger partial charge in [-0.2, -0.15) is 0 Å². The fourth-order valence-corrected chi connectivity index (χ4v) is 5.77. The zero-order valence-corrected chi connectivity index (χ0v) is 18.4. The number of carbonyl (C=O) groups excluding carboxylic acids is 1. The van der Waals surface area contributed by atoms with E-state index in [4.69, 9.17) is 9.72 Å². The summed E-state index contributed by atoms with van der Waals surface area (Å²) in [6.45, 7) is 6.07. The average molecular weight is 431 g/mol. The first-order valence-electron chi connectivity index (χ1n) is 9.72. The SMILES string of the molecule is CCOC(=O)CSc1nc2sc3c(c2c(=O)n1-c1ccc(C)cc1)CC[NH+](C)C3. The highest BCUT2D eigenvalue weighted by Gasteiger charge is 2.26. The van der Waals surface area contributed by atoms with Crippen LogP contribution in [0.15, 0.2) is 34.2 Å². The molecule has 1 unspecified atom stereocenters. The third-order valence-electron chi connectivity index (χ3n) is 5.06. The quantitative estimate of drug-likeness (QED) is 0.381. The molecule has 8 heteroatoms. The van der Waals surface area contributed by atoms with Crippen molar-refractivity contribution in [3.8, 4) is 5.69 Å². The third-order valence-corrected chi connectivity index (χ3v) is 7.10. The van der Waals surface area contributed by atoms with Gasteiger partial charge in [0, 0.05) is 6.42 Å².